The normalized spacial score (nSPS) is 42.7. The fourth-order valence-electron chi connectivity index (χ4n) is 13.5. The van der Waals surface area contributed by atoms with Gasteiger partial charge in [-0.2, -0.15) is 0 Å². The van der Waals surface area contributed by atoms with Crippen molar-refractivity contribution in [2.75, 3.05) is 5.75 Å². The molecular weight excluding hydrogens is 749 g/mol. The molecule has 1 aliphatic heterocycles. The number of nitrogens with zero attached hydrogens (tertiary/aromatic N) is 2. The van der Waals surface area contributed by atoms with Crippen LogP contribution in [0.1, 0.15) is 130 Å². The molecule has 5 fully saturated rings. The van der Waals surface area contributed by atoms with Crippen LogP contribution in [0.25, 0.3) is 0 Å². The van der Waals surface area contributed by atoms with Crippen molar-refractivity contribution >= 4 is 27.4 Å². The van der Waals surface area contributed by atoms with Crippen LogP contribution in [0, 0.1) is 45.8 Å². The molecule has 1 aromatic carbocycles. The maximum Gasteiger partial charge on any atom is 0.159 e. The van der Waals surface area contributed by atoms with Gasteiger partial charge in [-0.3, -0.25) is 4.79 Å². The van der Waals surface area contributed by atoms with Crippen molar-refractivity contribution in [3.8, 4) is 0 Å². The highest BCUT2D eigenvalue weighted by Crippen LogP contribution is 2.71. The molecule has 0 spiro atoms. The van der Waals surface area contributed by atoms with Gasteiger partial charge in [0.25, 0.3) is 0 Å². The zero-order chi connectivity index (χ0) is 40.3. The van der Waals surface area contributed by atoms with Gasteiger partial charge in [0.05, 0.1) is 30.2 Å². The summed E-state index contributed by atoms with van der Waals surface area (Å²) in [6.07, 6.45) is 17.8. The van der Waals surface area contributed by atoms with Crippen LogP contribution < -0.4 is 0 Å². The molecule has 9 heteroatoms. The fraction of sp³-hybridized carbons (Fsp3) is 0.708. The number of hydrogen-bond acceptors (Lipinski definition) is 8. The molecule has 57 heavy (non-hydrogen) atoms. The molecule has 0 unspecified atom stereocenters. The SMILES string of the molecule is C[C@@H]1[C@H](O)CC(=C2CCCCC2)C(C)(C)C[C@@H](n2ccnc2)CSS[C@@H](CCc2ccccc2)[C@H]2C[C@H]1[C@@]1(C)CC[C@H]3C(=CC(=O)[C@@H]4C[C@@H](O)[C@@H](O)C[C@@]43C)[C@]21O. The number of aryl methyl sites for hydroxylation is 1. The Morgan fingerprint density at radius 2 is 1.67 bits per heavy atom. The number of aromatic nitrogens is 2. The highest BCUT2D eigenvalue weighted by atomic mass is 33.1. The van der Waals surface area contributed by atoms with E-state index in [-0.39, 0.29) is 58.5 Å². The van der Waals surface area contributed by atoms with E-state index < -0.39 is 34.7 Å². The average Bonchev–Trinajstić information content (AvgIpc) is 3.81. The maximum absolute atomic E-state index is 14.3. The molecule has 2 heterocycles. The quantitative estimate of drug-likeness (QED) is 0.178. The topological polar surface area (TPSA) is 116 Å². The number of carbonyl (C=O) groups excluding carboxylic acids is 1. The summed E-state index contributed by atoms with van der Waals surface area (Å²) in [4.78, 5) is 18.8. The first-order chi connectivity index (χ1) is 27.2. The number of hydrogen-bond donors (Lipinski definition) is 4. The summed E-state index contributed by atoms with van der Waals surface area (Å²) in [5.41, 5.74) is 2.67. The van der Waals surface area contributed by atoms with Crippen LogP contribution in [-0.2, 0) is 11.2 Å². The lowest BCUT2D eigenvalue weighted by molar-refractivity contribution is -0.159. The van der Waals surface area contributed by atoms with Gasteiger partial charge in [0.2, 0.25) is 0 Å². The summed E-state index contributed by atoms with van der Waals surface area (Å²) < 4.78 is 2.29. The Labute approximate surface area is 349 Å². The fourth-order valence-corrected chi connectivity index (χ4v) is 16.8. The van der Waals surface area contributed by atoms with Gasteiger partial charge < -0.3 is 25.0 Å². The highest BCUT2D eigenvalue weighted by Gasteiger charge is 2.71. The minimum absolute atomic E-state index is 0.00873. The second-order valence-corrected chi connectivity index (χ2v) is 23.0. The third kappa shape index (κ3) is 7.38. The maximum atomic E-state index is 14.3. The molecule has 8 rings (SSSR count). The number of rotatable bonds is 4. The third-order valence-electron chi connectivity index (χ3n) is 16.8. The van der Waals surface area contributed by atoms with E-state index in [1.165, 1.54) is 30.4 Å². The average molecular weight is 817 g/mol. The van der Waals surface area contributed by atoms with Crippen molar-refractivity contribution in [1.29, 1.82) is 0 Å². The van der Waals surface area contributed by atoms with Gasteiger partial charge in [0.1, 0.15) is 0 Å². The van der Waals surface area contributed by atoms with Crippen LogP contribution in [0.2, 0.25) is 0 Å². The Morgan fingerprint density at radius 3 is 2.39 bits per heavy atom. The largest absolute Gasteiger partial charge is 0.393 e. The van der Waals surface area contributed by atoms with Gasteiger partial charge in [-0.15, -0.1) is 0 Å². The molecule has 7 nitrogen and oxygen atoms in total. The lowest BCUT2D eigenvalue weighted by Gasteiger charge is -2.61. The van der Waals surface area contributed by atoms with Crippen LogP contribution >= 0.6 is 21.6 Å². The Balaban J connectivity index is 1.25. The van der Waals surface area contributed by atoms with E-state index in [1.807, 2.05) is 40.2 Å². The lowest BCUT2D eigenvalue weighted by Crippen LogP contribution is -2.63. The minimum atomic E-state index is -1.26. The van der Waals surface area contributed by atoms with E-state index >= 15 is 0 Å². The minimum Gasteiger partial charge on any atom is -0.393 e. The molecule has 13 atom stereocenters. The predicted octanol–water partition coefficient (Wildman–Crippen LogP) is 9.32. The number of fused-ring (bicyclic) bond motifs is 9. The molecular formula is C48H68N2O5S2. The van der Waals surface area contributed by atoms with E-state index in [0.717, 1.165) is 62.7 Å². The number of carbonyl (C=O) groups is 1. The van der Waals surface area contributed by atoms with Gasteiger partial charge in [-0.25, -0.2) is 4.98 Å². The van der Waals surface area contributed by atoms with Crippen molar-refractivity contribution in [2.24, 2.45) is 45.8 Å². The van der Waals surface area contributed by atoms with Gasteiger partial charge in [0.15, 0.2) is 5.78 Å². The third-order valence-corrected chi connectivity index (χ3v) is 19.8. The Kier molecular flexibility index (Phi) is 11.9. The molecule has 1 saturated heterocycles. The monoisotopic (exact) mass is 816 g/mol. The molecule has 0 amide bonds. The Morgan fingerprint density at radius 1 is 0.912 bits per heavy atom. The Hall–Kier alpha value is -1.88. The van der Waals surface area contributed by atoms with Crippen LogP contribution in [0.4, 0.5) is 0 Å². The van der Waals surface area contributed by atoms with E-state index in [0.29, 0.717) is 12.8 Å². The summed E-state index contributed by atoms with van der Waals surface area (Å²) in [7, 11) is 3.87. The summed E-state index contributed by atoms with van der Waals surface area (Å²) in [5.74, 6) is 0.305. The van der Waals surface area contributed by atoms with Gasteiger partial charge in [0, 0.05) is 46.7 Å². The first-order valence-corrected chi connectivity index (χ1v) is 24.6. The van der Waals surface area contributed by atoms with Crippen molar-refractivity contribution in [2.45, 2.75) is 160 Å². The molecule has 1 aromatic heterocycles. The van der Waals surface area contributed by atoms with Crippen molar-refractivity contribution in [1.82, 2.24) is 9.55 Å². The predicted molar refractivity (Wildman–Crippen MR) is 231 cm³/mol. The summed E-state index contributed by atoms with van der Waals surface area (Å²) >= 11 is 0. The van der Waals surface area contributed by atoms with Crippen LogP contribution in [0.15, 0.2) is 71.8 Å². The molecule has 0 radical (unpaired) electrons. The Bertz CT molecular complexity index is 1810. The number of aliphatic hydroxyl groups is 4. The number of ketones is 1. The molecule has 5 aliphatic carbocycles. The number of aliphatic hydroxyl groups excluding tert-OH is 3. The van der Waals surface area contributed by atoms with Crippen LogP contribution in [-0.4, -0.2) is 70.7 Å². The molecule has 2 bridgehead atoms. The second kappa shape index (κ2) is 16.2. The van der Waals surface area contributed by atoms with E-state index in [2.05, 4.69) is 80.7 Å². The molecule has 4 saturated carbocycles. The number of imidazole rings is 1. The van der Waals surface area contributed by atoms with Gasteiger partial charge in [-0.05, 0) is 129 Å². The summed E-state index contributed by atoms with van der Waals surface area (Å²) in [6.45, 7) is 11.5. The molecule has 2 aromatic rings. The van der Waals surface area contributed by atoms with Crippen molar-refractivity contribution in [3.63, 3.8) is 0 Å². The van der Waals surface area contributed by atoms with Crippen LogP contribution in [0.3, 0.4) is 0 Å². The van der Waals surface area contributed by atoms with E-state index in [9.17, 15) is 25.2 Å². The van der Waals surface area contributed by atoms with Crippen LogP contribution in [0.5, 0.6) is 0 Å². The first kappa shape index (κ1) is 41.8. The summed E-state index contributed by atoms with van der Waals surface area (Å²) in [5, 5.41) is 48.7. The zero-order valence-corrected chi connectivity index (χ0v) is 36.6. The number of allylic oxidation sites excluding steroid dienone is 2. The first-order valence-electron chi connectivity index (χ1n) is 22.2. The second-order valence-electron chi connectivity index (χ2n) is 20.3. The molecule has 4 N–H and O–H groups in total. The van der Waals surface area contributed by atoms with Gasteiger partial charge >= 0.3 is 0 Å². The van der Waals surface area contributed by atoms with Crippen molar-refractivity contribution in [3.05, 3.63) is 77.4 Å². The highest BCUT2D eigenvalue weighted by molar-refractivity contribution is 8.76. The zero-order valence-electron chi connectivity index (χ0n) is 35.0. The van der Waals surface area contributed by atoms with Crippen molar-refractivity contribution < 1.29 is 25.2 Å². The molecule has 6 aliphatic rings. The standard InChI is InChI=1S/C48H68N2O5S2/c1-30-35-22-39(48(55)37-24-41(52)38-25-42(53)43(54)27-46(38,4)34(37)18-19-47(35,48)5)44(17-16-31-12-8-6-9-13-31)57-56-28-33(50-21-20-49-29-50)26-45(2,3)36(23-40(30)51)32-14-10-7-11-15-32/h6,8-9,12-13,20-21,24,29-30,33-35,38-40,42-44,51,53-55H,7,10-11,14-19,22-23,25-28H2,1-5H3/t30-,33+,34-,35+,38-,39+,40+,42+,43-,44-,46+,47+,48-/m0/s1. The molecule has 312 valence electrons. The summed E-state index contributed by atoms with van der Waals surface area (Å²) in [6, 6.07) is 10.9. The number of benzene rings is 1. The van der Waals surface area contributed by atoms with Gasteiger partial charge in [-0.1, -0.05) is 104 Å². The smallest absolute Gasteiger partial charge is 0.159 e. The lowest BCUT2D eigenvalue weighted by atomic mass is 9.45. The van der Waals surface area contributed by atoms with E-state index in [1.54, 1.807) is 5.57 Å². The van der Waals surface area contributed by atoms with E-state index in [4.69, 9.17) is 0 Å².